The van der Waals surface area contributed by atoms with Crippen molar-refractivity contribution in [3.05, 3.63) is 51.3 Å². The van der Waals surface area contributed by atoms with Gasteiger partial charge in [0.2, 0.25) is 0 Å². The Morgan fingerprint density at radius 2 is 2.24 bits per heavy atom. The molecule has 2 aromatic heterocycles. The molecule has 0 saturated carbocycles. The number of imidazole rings is 1. The molecular weight excluding hydrogens is 329 g/mol. The zero-order chi connectivity index (χ0) is 15.0. The average Bonchev–Trinajstić information content (AvgIpc) is 3.07. The van der Waals surface area contributed by atoms with Crippen LogP contribution in [-0.4, -0.2) is 15.9 Å². The number of H-pyrrole nitrogens is 1. The van der Waals surface area contributed by atoms with Crippen LogP contribution in [0.4, 0.5) is 0 Å². The van der Waals surface area contributed by atoms with Crippen LogP contribution < -0.4 is 5.32 Å². The van der Waals surface area contributed by atoms with E-state index in [0.29, 0.717) is 20.7 Å². The second kappa shape index (κ2) is 5.67. The summed E-state index contributed by atoms with van der Waals surface area (Å²) in [6, 6.07) is 5.16. The molecule has 7 heteroatoms. The van der Waals surface area contributed by atoms with Crippen molar-refractivity contribution >= 4 is 50.5 Å². The quantitative estimate of drug-likeness (QED) is 0.741. The van der Waals surface area contributed by atoms with E-state index in [4.69, 9.17) is 23.2 Å². The van der Waals surface area contributed by atoms with Crippen molar-refractivity contribution in [2.45, 2.75) is 13.0 Å². The van der Waals surface area contributed by atoms with Gasteiger partial charge in [0.1, 0.15) is 10.7 Å². The predicted octanol–water partition coefficient (Wildman–Crippen LogP) is 4.42. The van der Waals surface area contributed by atoms with E-state index in [2.05, 4.69) is 15.3 Å². The van der Waals surface area contributed by atoms with E-state index in [0.717, 1.165) is 10.1 Å². The number of halogens is 2. The van der Waals surface area contributed by atoms with Gasteiger partial charge in [0.25, 0.3) is 5.91 Å². The lowest BCUT2D eigenvalue weighted by Gasteiger charge is -2.10. The minimum absolute atomic E-state index is 0.221. The van der Waals surface area contributed by atoms with E-state index in [1.54, 1.807) is 24.5 Å². The first-order chi connectivity index (χ1) is 10.1. The highest BCUT2D eigenvalue weighted by atomic mass is 35.5. The van der Waals surface area contributed by atoms with Gasteiger partial charge in [-0.2, -0.15) is 0 Å². The van der Waals surface area contributed by atoms with Crippen LogP contribution >= 0.6 is 34.5 Å². The van der Waals surface area contributed by atoms with Crippen LogP contribution in [0.25, 0.3) is 10.1 Å². The summed E-state index contributed by atoms with van der Waals surface area (Å²) in [4.78, 5) is 19.9. The third-order valence-corrected chi connectivity index (χ3v) is 4.97. The Morgan fingerprint density at radius 3 is 2.95 bits per heavy atom. The summed E-state index contributed by atoms with van der Waals surface area (Å²) in [6.07, 6.45) is 3.36. The van der Waals surface area contributed by atoms with Gasteiger partial charge in [-0.05, 0) is 19.1 Å². The second-order valence-electron chi connectivity index (χ2n) is 4.56. The molecule has 0 radical (unpaired) electrons. The summed E-state index contributed by atoms with van der Waals surface area (Å²) in [5.74, 6) is 0.477. The van der Waals surface area contributed by atoms with Crippen LogP contribution in [0, 0.1) is 0 Å². The van der Waals surface area contributed by atoms with Crippen molar-refractivity contribution in [1.82, 2.24) is 15.3 Å². The fourth-order valence-corrected chi connectivity index (χ4v) is 3.73. The van der Waals surface area contributed by atoms with Crippen LogP contribution in [0.2, 0.25) is 10.0 Å². The zero-order valence-electron chi connectivity index (χ0n) is 11.0. The summed E-state index contributed by atoms with van der Waals surface area (Å²) in [5, 5.41) is 4.79. The Hall–Kier alpha value is -1.56. The Kier molecular flexibility index (Phi) is 3.89. The first-order valence-corrected chi connectivity index (χ1v) is 7.81. The monoisotopic (exact) mass is 339 g/mol. The lowest BCUT2D eigenvalue weighted by atomic mass is 10.2. The van der Waals surface area contributed by atoms with E-state index >= 15 is 0 Å². The van der Waals surface area contributed by atoms with Crippen LogP contribution in [0.5, 0.6) is 0 Å². The number of amides is 1. The van der Waals surface area contributed by atoms with Crippen molar-refractivity contribution in [2.24, 2.45) is 0 Å². The highest BCUT2D eigenvalue weighted by molar-refractivity contribution is 7.21. The number of aromatic amines is 1. The standard InChI is InChI=1S/C14H11Cl2N3OS/c1-7(13-17-4-5-18-13)19-14(20)12-11(16)9-3-2-8(15)6-10(9)21-12/h2-7H,1H3,(H,17,18)(H,19,20). The highest BCUT2D eigenvalue weighted by Gasteiger charge is 2.20. The lowest BCUT2D eigenvalue weighted by Crippen LogP contribution is -2.26. The number of hydrogen-bond acceptors (Lipinski definition) is 3. The molecule has 0 aliphatic carbocycles. The van der Waals surface area contributed by atoms with E-state index in [-0.39, 0.29) is 11.9 Å². The predicted molar refractivity (Wildman–Crippen MR) is 86.3 cm³/mol. The second-order valence-corrected chi connectivity index (χ2v) is 6.42. The first kappa shape index (κ1) is 14.4. The molecule has 2 heterocycles. The summed E-state index contributed by atoms with van der Waals surface area (Å²) in [5.41, 5.74) is 0. The fourth-order valence-electron chi connectivity index (χ4n) is 2.03. The molecular formula is C14H11Cl2N3OS. The number of benzene rings is 1. The van der Waals surface area contributed by atoms with Crippen molar-refractivity contribution in [2.75, 3.05) is 0 Å². The van der Waals surface area contributed by atoms with Gasteiger partial charge in [0.05, 0.1) is 11.1 Å². The molecule has 0 fully saturated rings. The third-order valence-electron chi connectivity index (χ3n) is 3.07. The summed E-state index contributed by atoms with van der Waals surface area (Å²) < 4.78 is 0.892. The van der Waals surface area contributed by atoms with Crippen LogP contribution in [-0.2, 0) is 0 Å². The van der Waals surface area contributed by atoms with Gasteiger partial charge in [-0.1, -0.05) is 29.3 Å². The zero-order valence-corrected chi connectivity index (χ0v) is 13.3. The summed E-state index contributed by atoms with van der Waals surface area (Å²) >= 11 is 13.6. The smallest absolute Gasteiger partial charge is 0.263 e. The first-order valence-electron chi connectivity index (χ1n) is 6.24. The van der Waals surface area contributed by atoms with Gasteiger partial charge in [-0.25, -0.2) is 4.98 Å². The molecule has 4 nitrogen and oxygen atoms in total. The van der Waals surface area contributed by atoms with Gasteiger partial charge < -0.3 is 10.3 Å². The van der Waals surface area contributed by atoms with Gasteiger partial charge in [0, 0.05) is 27.5 Å². The Labute approximate surface area is 135 Å². The molecule has 1 atom stereocenters. The molecule has 0 aliphatic heterocycles. The molecule has 0 bridgehead atoms. The Bertz CT molecular complexity index is 798. The number of aromatic nitrogens is 2. The number of thiophene rings is 1. The molecule has 3 aromatic rings. The number of carbonyl (C=O) groups excluding carboxylic acids is 1. The maximum atomic E-state index is 12.4. The fraction of sp³-hybridized carbons (Fsp3) is 0.143. The topological polar surface area (TPSA) is 57.8 Å². The molecule has 1 aromatic carbocycles. The van der Waals surface area contributed by atoms with E-state index < -0.39 is 0 Å². The van der Waals surface area contributed by atoms with Gasteiger partial charge in [0.15, 0.2) is 0 Å². The molecule has 0 spiro atoms. The number of nitrogens with zero attached hydrogens (tertiary/aromatic N) is 1. The molecule has 0 aliphatic rings. The van der Waals surface area contributed by atoms with Crippen molar-refractivity contribution in [1.29, 1.82) is 0 Å². The highest BCUT2D eigenvalue weighted by Crippen LogP contribution is 2.36. The Morgan fingerprint density at radius 1 is 1.43 bits per heavy atom. The molecule has 1 amide bonds. The minimum atomic E-state index is -0.225. The molecule has 0 saturated heterocycles. The van der Waals surface area contributed by atoms with Gasteiger partial charge in [-0.15, -0.1) is 11.3 Å². The lowest BCUT2D eigenvalue weighted by molar-refractivity contribution is 0.0942. The van der Waals surface area contributed by atoms with Crippen molar-refractivity contribution in [3.63, 3.8) is 0 Å². The van der Waals surface area contributed by atoms with E-state index in [1.165, 1.54) is 11.3 Å². The van der Waals surface area contributed by atoms with Crippen molar-refractivity contribution < 1.29 is 4.79 Å². The number of hydrogen-bond donors (Lipinski definition) is 2. The molecule has 21 heavy (non-hydrogen) atoms. The number of carbonyl (C=O) groups is 1. The summed E-state index contributed by atoms with van der Waals surface area (Å²) in [6.45, 7) is 1.86. The molecule has 2 N–H and O–H groups in total. The van der Waals surface area contributed by atoms with Gasteiger partial charge >= 0.3 is 0 Å². The normalized spacial score (nSPS) is 12.5. The molecule has 108 valence electrons. The number of fused-ring (bicyclic) bond motifs is 1. The minimum Gasteiger partial charge on any atom is -0.347 e. The SMILES string of the molecule is CC(NC(=O)c1sc2cc(Cl)ccc2c1Cl)c1ncc[nH]1. The summed E-state index contributed by atoms with van der Waals surface area (Å²) in [7, 11) is 0. The molecule has 3 rings (SSSR count). The van der Waals surface area contributed by atoms with E-state index in [1.807, 2.05) is 13.0 Å². The largest absolute Gasteiger partial charge is 0.347 e. The van der Waals surface area contributed by atoms with Crippen LogP contribution in [0.15, 0.2) is 30.6 Å². The van der Waals surface area contributed by atoms with Crippen LogP contribution in [0.3, 0.4) is 0 Å². The Balaban J connectivity index is 1.89. The number of nitrogens with one attached hydrogen (secondary N) is 2. The number of rotatable bonds is 3. The van der Waals surface area contributed by atoms with Crippen molar-refractivity contribution in [3.8, 4) is 0 Å². The van der Waals surface area contributed by atoms with Crippen LogP contribution in [0.1, 0.15) is 28.5 Å². The third kappa shape index (κ3) is 2.77. The molecule has 1 unspecified atom stereocenters. The maximum Gasteiger partial charge on any atom is 0.263 e. The average molecular weight is 340 g/mol. The van der Waals surface area contributed by atoms with E-state index in [9.17, 15) is 4.79 Å². The maximum absolute atomic E-state index is 12.4. The van der Waals surface area contributed by atoms with Gasteiger partial charge in [-0.3, -0.25) is 4.79 Å².